The van der Waals surface area contributed by atoms with Gasteiger partial charge in [0.1, 0.15) is 0 Å². The second-order valence-corrected chi connectivity index (χ2v) is 6.75. The van der Waals surface area contributed by atoms with Crippen LogP contribution in [0.4, 0.5) is 5.69 Å². The molecule has 20 heavy (non-hydrogen) atoms. The zero-order chi connectivity index (χ0) is 14.5. The van der Waals surface area contributed by atoms with E-state index < -0.39 is 0 Å². The first-order valence-corrected chi connectivity index (χ1v) is 8.08. The lowest BCUT2D eigenvalue weighted by molar-refractivity contribution is -0.115. The number of alkyl halides is 1. The Morgan fingerprint density at radius 1 is 1.10 bits per heavy atom. The number of hydrogen-bond donors (Lipinski definition) is 1. The van der Waals surface area contributed by atoms with Gasteiger partial charge in [0, 0.05) is 15.2 Å². The highest BCUT2D eigenvalue weighted by Gasteiger charge is 2.15. The van der Waals surface area contributed by atoms with Gasteiger partial charge in [0.05, 0.1) is 4.83 Å². The zero-order valence-corrected chi connectivity index (χ0v) is 14.4. The number of hydrogen-bond acceptors (Lipinski definition) is 1. The first-order valence-electron chi connectivity index (χ1n) is 5.99. The lowest BCUT2D eigenvalue weighted by Crippen LogP contribution is -2.24. The lowest BCUT2D eigenvalue weighted by atomic mass is 10.1. The normalized spacial score (nSPS) is 11.9. The molecule has 2 aromatic carbocycles. The summed E-state index contributed by atoms with van der Waals surface area (Å²) in [7, 11) is 0. The van der Waals surface area contributed by atoms with Crippen molar-refractivity contribution in [3.63, 3.8) is 0 Å². The first kappa shape index (κ1) is 15.5. The van der Waals surface area contributed by atoms with Gasteiger partial charge in [-0.2, -0.15) is 0 Å². The molecule has 2 aromatic rings. The average Bonchev–Trinajstić information content (AvgIpc) is 2.44. The molecule has 0 aliphatic heterocycles. The van der Waals surface area contributed by atoms with Crippen LogP contribution in [0.2, 0.25) is 5.02 Å². The highest BCUT2D eigenvalue weighted by atomic mass is 79.9. The monoisotopic (exact) mass is 415 g/mol. The van der Waals surface area contributed by atoms with Gasteiger partial charge in [-0.15, -0.1) is 0 Å². The second-order valence-electron chi connectivity index (χ2n) is 4.29. The minimum atomic E-state index is -0.278. The Kier molecular flexibility index (Phi) is 5.64. The van der Waals surface area contributed by atoms with Crippen molar-refractivity contribution < 1.29 is 4.79 Å². The molecule has 0 aliphatic carbocycles. The van der Waals surface area contributed by atoms with E-state index in [-0.39, 0.29) is 10.7 Å². The first-order chi connectivity index (χ1) is 9.54. The lowest BCUT2D eigenvalue weighted by Gasteiger charge is -2.11. The Labute approximate surface area is 139 Å². The molecule has 0 heterocycles. The van der Waals surface area contributed by atoms with Gasteiger partial charge in [0.25, 0.3) is 0 Å². The zero-order valence-electron chi connectivity index (χ0n) is 10.4. The molecule has 1 N–H and O–H groups in total. The largest absolute Gasteiger partial charge is 0.325 e. The molecule has 1 unspecified atom stereocenters. The van der Waals surface area contributed by atoms with Crippen LogP contribution in [0.3, 0.4) is 0 Å². The molecule has 0 aliphatic rings. The molecular formula is C15H12Br2ClNO. The van der Waals surface area contributed by atoms with Gasteiger partial charge >= 0.3 is 0 Å². The fourth-order valence-corrected chi connectivity index (χ4v) is 2.55. The third kappa shape index (κ3) is 4.62. The van der Waals surface area contributed by atoms with Crippen LogP contribution in [0, 0.1) is 0 Å². The Balaban J connectivity index is 1.94. The molecule has 1 amide bonds. The summed E-state index contributed by atoms with van der Waals surface area (Å²) in [5.41, 5.74) is 1.83. The summed E-state index contributed by atoms with van der Waals surface area (Å²) < 4.78 is 1.03. The minimum absolute atomic E-state index is 0.0739. The van der Waals surface area contributed by atoms with Crippen LogP contribution in [-0.4, -0.2) is 10.7 Å². The van der Waals surface area contributed by atoms with Crippen molar-refractivity contribution in [2.45, 2.75) is 11.2 Å². The summed E-state index contributed by atoms with van der Waals surface area (Å²) in [5.74, 6) is -0.0739. The van der Waals surface area contributed by atoms with E-state index in [1.807, 2.05) is 24.3 Å². The van der Waals surface area contributed by atoms with Gasteiger partial charge < -0.3 is 5.32 Å². The summed E-state index contributed by atoms with van der Waals surface area (Å²) in [6.07, 6.45) is 0.632. The van der Waals surface area contributed by atoms with Crippen molar-refractivity contribution in [3.05, 3.63) is 63.6 Å². The van der Waals surface area contributed by atoms with Gasteiger partial charge in [-0.3, -0.25) is 4.79 Å². The average molecular weight is 418 g/mol. The number of rotatable bonds is 4. The number of carbonyl (C=O) groups is 1. The van der Waals surface area contributed by atoms with Crippen molar-refractivity contribution in [1.29, 1.82) is 0 Å². The maximum atomic E-state index is 12.1. The Morgan fingerprint density at radius 3 is 2.30 bits per heavy atom. The van der Waals surface area contributed by atoms with Crippen molar-refractivity contribution in [1.82, 2.24) is 0 Å². The predicted molar refractivity (Wildman–Crippen MR) is 90.6 cm³/mol. The molecule has 0 aromatic heterocycles. The van der Waals surface area contributed by atoms with Gasteiger partial charge in [-0.25, -0.2) is 0 Å². The molecule has 1 atom stereocenters. The minimum Gasteiger partial charge on any atom is -0.325 e. The maximum Gasteiger partial charge on any atom is 0.238 e. The highest BCUT2D eigenvalue weighted by Crippen LogP contribution is 2.17. The molecule has 0 fully saturated rings. The van der Waals surface area contributed by atoms with E-state index in [1.54, 1.807) is 24.3 Å². The molecular weight excluding hydrogens is 405 g/mol. The van der Waals surface area contributed by atoms with Crippen LogP contribution in [0.1, 0.15) is 5.56 Å². The van der Waals surface area contributed by atoms with E-state index in [9.17, 15) is 4.79 Å². The fraction of sp³-hybridized carbons (Fsp3) is 0.133. The van der Waals surface area contributed by atoms with Gasteiger partial charge in [0.15, 0.2) is 0 Å². The number of nitrogens with one attached hydrogen (secondary N) is 1. The van der Waals surface area contributed by atoms with E-state index in [2.05, 4.69) is 37.2 Å². The quantitative estimate of drug-likeness (QED) is 0.694. The van der Waals surface area contributed by atoms with Crippen LogP contribution in [0.5, 0.6) is 0 Å². The van der Waals surface area contributed by atoms with E-state index in [1.165, 1.54) is 0 Å². The fourth-order valence-electron chi connectivity index (χ4n) is 1.67. The molecule has 0 radical (unpaired) electrons. The predicted octanol–water partition coefficient (Wildman–Crippen LogP) is 5.05. The number of benzene rings is 2. The van der Waals surface area contributed by atoms with Crippen LogP contribution in [0.15, 0.2) is 53.0 Å². The molecule has 2 rings (SSSR count). The molecule has 5 heteroatoms. The third-order valence-corrected chi connectivity index (χ3v) is 4.24. The second kappa shape index (κ2) is 7.25. The number of anilines is 1. The number of carbonyl (C=O) groups excluding carboxylic acids is 1. The van der Waals surface area contributed by atoms with E-state index in [4.69, 9.17) is 11.6 Å². The SMILES string of the molecule is O=C(Nc1ccc(Cl)cc1)C(Br)Cc1ccc(Br)cc1. The van der Waals surface area contributed by atoms with Crippen molar-refractivity contribution in [2.75, 3.05) is 5.32 Å². The smallest absolute Gasteiger partial charge is 0.238 e. The molecule has 0 bridgehead atoms. The van der Waals surface area contributed by atoms with Crippen LogP contribution < -0.4 is 5.32 Å². The number of amides is 1. The molecule has 104 valence electrons. The Morgan fingerprint density at radius 2 is 1.70 bits per heavy atom. The summed E-state index contributed by atoms with van der Waals surface area (Å²) >= 11 is 12.6. The van der Waals surface area contributed by atoms with Gasteiger partial charge in [-0.1, -0.05) is 55.6 Å². The van der Waals surface area contributed by atoms with Gasteiger partial charge in [0.2, 0.25) is 5.91 Å². The maximum absolute atomic E-state index is 12.1. The molecule has 0 saturated heterocycles. The highest BCUT2D eigenvalue weighted by molar-refractivity contribution is 9.10. The summed E-state index contributed by atoms with van der Waals surface area (Å²) in [5, 5.41) is 3.49. The van der Waals surface area contributed by atoms with Crippen LogP contribution in [0.25, 0.3) is 0 Å². The number of halogens is 3. The summed E-state index contributed by atoms with van der Waals surface area (Å²) in [6.45, 7) is 0. The summed E-state index contributed by atoms with van der Waals surface area (Å²) in [6, 6.07) is 15.0. The van der Waals surface area contributed by atoms with Crippen LogP contribution in [-0.2, 0) is 11.2 Å². The third-order valence-electron chi connectivity index (χ3n) is 2.72. The topological polar surface area (TPSA) is 29.1 Å². The van der Waals surface area contributed by atoms with Gasteiger partial charge in [-0.05, 0) is 48.4 Å². The van der Waals surface area contributed by atoms with E-state index >= 15 is 0 Å². The van der Waals surface area contributed by atoms with E-state index in [0.717, 1.165) is 15.7 Å². The Bertz CT molecular complexity index is 584. The van der Waals surface area contributed by atoms with Crippen LogP contribution >= 0.6 is 43.5 Å². The van der Waals surface area contributed by atoms with Crippen molar-refractivity contribution in [3.8, 4) is 0 Å². The Hall–Kier alpha value is -0.840. The van der Waals surface area contributed by atoms with Crippen molar-refractivity contribution in [2.24, 2.45) is 0 Å². The summed E-state index contributed by atoms with van der Waals surface area (Å²) in [4.78, 5) is 11.8. The molecule has 2 nitrogen and oxygen atoms in total. The van der Waals surface area contributed by atoms with Crippen molar-refractivity contribution >= 4 is 55.1 Å². The molecule has 0 saturated carbocycles. The van der Waals surface area contributed by atoms with E-state index in [0.29, 0.717) is 11.4 Å². The standard InChI is InChI=1S/C15H12Br2ClNO/c16-11-3-1-10(2-4-11)9-14(17)15(20)19-13-7-5-12(18)6-8-13/h1-8,14H,9H2,(H,19,20). The molecule has 0 spiro atoms.